The van der Waals surface area contributed by atoms with E-state index in [9.17, 15) is 27.4 Å². The highest BCUT2D eigenvalue weighted by Crippen LogP contribution is 2.58. The highest BCUT2D eigenvalue weighted by molar-refractivity contribution is 7.00. The van der Waals surface area contributed by atoms with E-state index in [-0.39, 0.29) is 88.4 Å². The zero-order chi connectivity index (χ0) is 112. The van der Waals surface area contributed by atoms with Gasteiger partial charge in [0.05, 0.1) is 105 Å². The van der Waals surface area contributed by atoms with Crippen LogP contribution in [0.3, 0.4) is 0 Å². The number of anilines is 6. The molecule has 144 heavy (non-hydrogen) atoms. The van der Waals surface area contributed by atoms with E-state index < -0.39 is 144 Å². The van der Waals surface area contributed by atoms with Gasteiger partial charge in [-0.05, 0) is 240 Å². The van der Waals surface area contributed by atoms with Crippen molar-refractivity contribution in [2.24, 2.45) is 0 Å². The summed E-state index contributed by atoms with van der Waals surface area (Å²) in [5.74, 6) is 0. The Morgan fingerprint density at radius 2 is 0.556 bits per heavy atom. The molecule has 0 saturated carbocycles. The Kier molecular flexibility index (Phi) is 13.4. The molecule has 31 rings (SSSR count). The fourth-order valence-corrected chi connectivity index (χ4v) is 23.8. The summed E-state index contributed by atoms with van der Waals surface area (Å²) in [7, 11) is 0. The van der Waals surface area contributed by atoms with E-state index in [1.165, 1.54) is 9.13 Å². The van der Waals surface area contributed by atoms with Crippen molar-refractivity contribution < 1.29 is 27.4 Å². The smallest absolute Gasteiger partial charge is 0.252 e. The fourth-order valence-electron chi connectivity index (χ4n) is 23.8. The number of para-hydroxylation sites is 9. The van der Waals surface area contributed by atoms with Crippen LogP contribution in [0.25, 0.3) is 237 Å². The van der Waals surface area contributed by atoms with Crippen LogP contribution in [0.5, 0.6) is 0 Å². The molecule has 0 fully saturated rings. The van der Waals surface area contributed by atoms with Crippen LogP contribution in [-0.2, 0) is 5.41 Å². The van der Waals surface area contributed by atoms with Gasteiger partial charge in [-0.15, -0.1) is 0 Å². The van der Waals surface area contributed by atoms with Gasteiger partial charge in [-0.3, -0.25) is 0 Å². The Morgan fingerprint density at radius 1 is 0.215 bits per heavy atom. The first kappa shape index (κ1) is 63.2. The summed E-state index contributed by atoms with van der Waals surface area (Å²) in [4.78, 5) is 3.97. The van der Waals surface area contributed by atoms with E-state index in [0.29, 0.717) is 83.6 Å². The third kappa shape index (κ3) is 11.6. The molecule has 7 nitrogen and oxygen atoms in total. The Hall–Kier alpha value is -18.5. The summed E-state index contributed by atoms with van der Waals surface area (Å²) in [6, 6.07) is 106. The number of hydrogen-bond donors (Lipinski definition) is 0. The predicted octanol–water partition coefficient (Wildman–Crippen LogP) is 34.3. The van der Waals surface area contributed by atoms with Gasteiger partial charge in [0.15, 0.2) is 0 Å². The van der Waals surface area contributed by atoms with Crippen molar-refractivity contribution >= 4 is 199 Å². The van der Waals surface area contributed by atoms with Gasteiger partial charge in [0, 0.05) is 137 Å². The lowest BCUT2D eigenvalue weighted by Crippen LogP contribution is -2.61. The number of fused-ring (bicyclic) bond motifs is 25. The van der Waals surface area contributed by atoms with Gasteiger partial charge < -0.3 is 32.3 Å². The Balaban J connectivity index is 0.828. The standard InChI is InChI=1S/C136H88BN7/c1-136(2,3)93-79-107(86-37-12-6-13-38-86)133(108(80-93)87-39-14-7-15-40-87)144-128-82-96(140-120-54-27-19-44-102(120)110-72-89(62-70-126(110)140)84-35-10-5-11-36-84)66-68-116(128)137-115-67-65-95(139-119-53-26-18-43-101(119)109-71-88(61-69-125(109)139)83-33-8-4-9-34-83)81-127(115)143(129-77-90(78-130(144)131(129)137)85-59-63-94(64-60-85)138-117-51-24-16-41-99(117)100-42-17-25-52-118(100)138)132-97(91-73-111-103-45-20-28-55-121(103)141-122-56-29-21-46-104(122)112(74-91)134(111)141)49-32-50-98(132)92-75-113-105-47-22-30-57-123(105)142-124-58-31-23-48-106(124)114(76-92)135(113)142/h4-82H,1-3H3/i18D,19D,26D,27D,43D,44D,53D,54D,61D,62D,65D,66D,67D,68D,69D,70D,71D,72D,81D,82D. The van der Waals surface area contributed by atoms with Crippen LogP contribution >= 0.6 is 0 Å². The summed E-state index contributed by atoms with van der Waals surface area (Å²) in [5.41, 5.74) is 13.6. The summed E-state index contributed by atoms with van der Waals surface area (Å²) in [6.45, 7) is 4.63. The molecular formula is C136H88BN7. The van der Waals surface area contributed by atoms with E-state index in [2.05, 4.69) is 186 Å². The first-order valence-electron chi connectivity index (χ1n) is 58.6. The molecule has 7 aromatic heterocycles. The van der Waals surface area contributed by atoms with E-state index in [0.717, 1.165) is 109 Å². The summed E-state index contributed by atoms with van der Waals surface area (Å²) in [6.07, 6.45) is 0. The summed E-state index contributed by atoms with van der Waals surface area (Å²) in [5, 5.41) is 8.42. The van der Waals surface area contributed by atoms with Gasteiger partial charge in [-0.2, -0.15) is 0 Å². The number of benzene rings is 22. The van der Waals surface area contributed by atoms with Gasteiger partial charge in [-0.25, -0.2) is 0 Å². The van der Waals surface area contributed by atoms with Gasteiger partial charge in [0.2, 0.25) is 0 Å². The first-order valence-corrected chi connectivity index (χ1v) is 48.6. The van der Waals surface area contributed by atoms with E-state index in [1.807, 2.05) is 155 Å². The zero-order valence-corrected chi connectivity index (χ0v) is 77.8. The third-order valence-electron chi connectivity index (χ3n) is 30.1. The number of aromatic nitrogens is 5. The SMILES string of the molecule is [2H]c1c([2H])c(-n2c3c([2H])c([2H])c([2H])c([2H])c3c3c([2H])c(-c4ccccc4)c([2H])c([2H])c32)c([2H])c2c1B1c3c(cc(-c4ccc(-n5c6ccccc6c6ccccc65)cc4)cc3N(c3c(-c4ccccc4)cc(C(C)(C)C)cc3-c3ccccc3)c3c([2H])c(-n4c5c([2H])c([2H])c([2H])c([2H])c5c5c([2H])c(-c6ccccc6)c([2H])c([2H])c54)c([2H])c([2H])c31)N2c1c(-c2cc3c4ccccc4n4c5ccccc5c(c2)c34)cccc1-c1cc2c3ccccc3n3c4ccccc4c(c1)c23. The molecule has 0 atom stereocenters. The van der Waals surface area contributed by atoms with Crippen LogP contribution < -0.4 is 26.2 Å². The zero-order valence-electron chi connectivity index (χ0n) is 97.8. The molecule has 0 aliphatic carbocycles. The monoisotopic (exact) mass is 1850 g/mol. The molecule has 0 radical (unpaired) electrons. The molecule has 0 N–H and O–H groups in total. The second-order valence-corrected chi connectivity index (χ2v) is 38.9. The molecule has 0 unspecified atom stereocenters. The van der Waals surface area contributed by atoms with Gasteiger partial charge in [0.1, 0.15) is 0 Å². The third-order valence-corrected chi connectivity index (χ3v) is 30.1. The maximum absolute atomic E-state index is 12.7. The Bertz CT molecular complexity index is 11300. The molecule has 2 aliphatic rings. The van der Waals surface area contributed by atoms with Crippen molar-refractivity contribution in [1.29, 1.82) is 0 Å². The second kappa shape index (κ2) is 30.5. The first-order chi connectivity index (χ1) is 79.5. The molecule has 0 saturated heterocycles. The van der Waals surface area contributed by atoms with Crippen molar-refractivity contribution in [3.63, 3.8) is 0 Å². The lowest BCUT2D eigenvalue weighted by atomic mass is 9.33. The molecule has 0 amide bonds. The predicted molar refractivity (Wildman–Crippen MR) is 610 cm³/mol. The van der Waals surface area contributed by atoms with Crippen LogP contribution in [0, 0.1) is 0 Å². The van der Waals surface area contributed by atoms with Crippen molar-refractivity contribution in [3.05, 3.63) is 484 Å². The minimum absolute atomic E-state index is 0.0439. The van der Waals surface area contributed by atoms with Crippen LogP contribution in [0.1, 0.15) is 53.7 Å². The van der Waals surface area contributed by atoms with Gasteiger partial charge in [-0.1, -0.05) is 342 Å². The lowest BCUT2D eigenvalue weighted by Gasteiger charge is -2.46. The minimum atomic E-state index is -1.76. The summed E-state index contributed by atoms with van der Waals surface area (Å²) < 4.78 is 226. The quantitative estimate of drug-likeness (QED) is 0.114. The minimum Gasteiger partial charge on any atom is -0.310 e. The maximum atomic E-state index is 12.7. The topological polar surface area (TPSA) is 30.1 Å². The average Bonchev–Trinajstić information content (AvgIpc) is 0.832. The molecular weight excluding hydrogens is 1740 g/mol. The highest BCUT2D eigenvalue weighted by atomic mass is 15.2. The van der Waals surface area contributed by atoms with E-state index in [4.69, 9.17) is 0 Å². The molecule has 0 spiro atoms. The van der Waals surface area contributed by atoms with Gasteiger partial charge >= 0.3 is 0 Å². The summed E-state index contributed by atoms with van der Waals surface area (Å²) >= 11 is 0. The Morgan fingerprint density at radius 3 is 0.958 bits per heavy atom. The Labute approximate surface area is 859 Å². The number of rotatable bonds is 12. The van der Waals surface area contributed by atoms with Crippen LogP contribution in [0.2, 0.25) is 0 Å². The van der Waals surface area contributed by atoms with Gasteiger partial charge in [0.25, 0.3) is 6.71 Å². The highest BCUT2D eigenvalue weighted by Gasteiger charge is 2.47. The number of hydrogen-bond acceptors (Lipinski definition) is 2. The van der Waals surface area contributed by atoms with Crippen LogP contribution in [0.4, 0.5) is 34.1 Å². The van der Waals surface area contributed by atoms with Crippen LogP contribution in [-0.4, -0.2) is 29.2 Å². The number of nitrogens with zero attached hydrogens (tertiary/aromatic N) is 7. The molecule has 29 aromatic rings. The van der Waals surface area contributed by atoms with E-state index >= 15 is 0 Å². The van der Waals surface area contributed by atoms with Crippen LogP contribution in [0.15, 0.2) is 479 Å². The molecule has 0 bridgehead atoms. The fraction of sp³-hybridized carbons (Fsp3) is 0.0294. The second-order valence-electron chi connectivity index (χ2n) is 38.9. The molecule has 9 heterocycles. The average molecular weight is 1850 g/mol. The van der Waals surface area contributed by atoms with E-state index in [1.54, 1.807) is 60.7 Å². The van der Waals surface area contributed by atoms with Crippen molar-refractivity contribution in [2.75, 3.05) is 9.80 Å². The van der Waals surface area contributed by atoms with Crippen molar-refractivity contribution in [1.82, 2.24) is 22.5 Å². The molecule has 22 aromatic carbocycles. The largest absolute Gasteiger partial charge is 0.310 e. The normalized spacial score (nSPS) is 14.7. The molecule has 670 valence electrons. The lowest BCUT2D eigenvalue weighted by molar-refractivity contribution is 0.591. The molecule has 8 heteroatoms. The van der Waals surface area contributed by atoms with Crippen molar-refractivity contribution in [2.45, 2.75) is 26.2 Å². The molecule has 2 aliphatic heterocycles. The van der Waals surface area contributed by atoms with Crippen molar-refractivity contribution in [3.8, 4) is 95.0 Å². The maximum Gasteiger partial charge on any atom is 0.252 e.